The minimum Gasteiger partial charge on any atom is -0.378 e. The Morgan fingerprint density at radius 2 is 1.63 bits per heavy atom. The van der Waals surface area contributed by atoms with E-state index in [1.165, 1.54) is 4.68 Å². The van der Waals surface area contributed by atoms with Gasteiger partial charge in [0.2, 0.25) is 5.91 Å². The van der Waals surface area contributed by atoms with Gasteiger partial charge >= 0.3 is 0 Å². The van der Waals surface area contributed by atoms with Gasteiger partial charge in [-0.2, -0.15) is 5.10 Å². The Bertz CT molecular complexity index is 1020. The SMILES string of the molecule is CN(Cc1ccc(N(C)C)cc1)C(=O)Cc1nn(C)c(=O)c2ccccc12. The maximum Gasteiger partial charge on any atom is 0.274 e. The predicted molar refractivity (Wildman–Crippen MR) is 108 cm³/mol. The smallest absolute Gasteiger partial charge is 0.274 e. The summed E-state index contributed by atoms with van der Waals surface area (Å²) in [5, 5.41) is 5.63. The number of hydrogen-bond acceptors (Lipinski definition) is 4. The number of carbonyl (C=O) groups excluding carboxylic acids is 1. The molecule has 0 atom stereocenters. The Kier molecular flexibility index (Phi) is 5.26. The summed E-state index contributed by atoms with van der Waals surface area (Å²) in [6.45, 7) is 0.524. The zero-order valence-electron chi connectivity index (χ0n) is 16.1. The minimum atomic E-state index is -0.156. The van der Waals surface area contributed by atoms with Crippen LogP contribution >= 0.6 is 0 Å². The molecule has 3 rings (SSSR count). The van der Waals surface area contributed by atoms with Gasteiger partial charge in [-0.1, -0.05) is 30.3 Å². The van der Waals surface area contributed by atoms with Crippen molar-refractivity contribution in [3.8, 4) is 0 Å². The number of likely N-dealkylation sites (N-methyl/N-ethyl adjacent to an activating group) is 1. The lowest BCUT2D eigenvalue weighted by atomic mass is 10.1. The van der Waals surface area contributed by atoms with Crippen LogP contribution < -0.4 is 10.5 Å². The van der Waals surface area contributed by atoms with Gasteiger partial charge in [-0.25, -0.2) is 4.68 Å². The van der Waals surface area contributed by atoms with Crippen molar-refractivity contribution >= 4 is 22.4 Å². The van der Waals surface area contributed by atoms with Crippen molar-refractivity contribution in [3.05, 3.63) is 70.1 Å². The molecule has 3 aromatic rings. The standard InChI is InChI=1S/C21H24N4O2/c1-23(2)16-11-9-15(10-12-16)14-24(3)20(26)13-19-17-7-5-6-8-18(17)21(27)25(4)22-19/h5-12H,13-14H2,1-4H3. The summed E-state index contributed by atoms with van der Waals surface area (Å²) in [6, 6.07) is 15.4. The molecule has 0 aliphatic heterocycles. The molecule has 6 nitrogen and oxygen atoms in total. The van der Waals surface area contributed by atoms with Crippen LogP contribution in [0.4, 0.5) is 5.69 Å². The first kappa shape index (κ1) is 18.6. The van der Waals surface area contributed by atoms with Crippen molar-refractivity contribution in [2.75, 3.05) is 26.0 Å². The van der Waals surface area contributed by atoms with Crippen molar-refractivity contribution in [1.82, 2.24) is 14.7 Å². The van der Waals surface area contributed by atoms with E-state index in [2.05, 4.69) is 5.10 Å². The molecule has 0 saturated carbocycles. The summed E-state index contributed by atoms with van der Waals surface area (Å²) in [5.41, 5.74) is 2.65. The average molecular weight is 364 g/mol. The number of aryl methyl sites for hydroxylation is 1. The van der Waals surface area contributed by atoms with Crippen molar-refractivity contribution in [1.29, 1.82) is 0 Å². The Hall–Kier alpha value is -3.15. The van der Waals surface area contributed by atoms with Gasteiger partial charge in [-0.15, -0.1) is 0 Å². The number of hydrogen-bond donors (Lipinski definition) is 0. The summed E-state index contributed by atoms with van der Waals surface area (Å²) < 4.78 is 1.30. The fourth-order valence-corrected chi connectivity index (χ4v) is 3.05. The van der Waals surface area contributed by atoms with E-state index < -0.39 is 0 Å². The summed E-state index contributed by atoms with van der Waals surface area (Å²) in [4.78, 5) is 28.7. The normalized spacial score (nSPS) is 10.8. The fourth-order valence-electron chi connectivity index (χ4n) is 3.05. The molecule has 27 heavy (non-hydrogen) atoms. The molecular weight excluding hydrogens is 340 g/mol. The van der Waals surface area contributed by atoms with Gasteiger partial charge in [0.1, 0.15) is 0 Å². The van der Waals surface area contributed by atoms with E-state index in [-0.39, 0.29) is 17.9 Å². The molecule has 0 fully saturated rings. The molecule has 0 aliphatic carbocycles. The van der Waals surface area contributed by atoms with Crippen molar-refractivity contribution in [3.63, 3.8) is 0 Å². The van der Waals surface area contributed by atoms with Crippen LogP contribution in [-0.2, 0) is 24.8 Å². The van der Waals surface area contributed by atoms with Gasteiger partial charge < -0.3 is 9.80 Å². The molecule has 0 aliphatic rings. The first-order chi connectivity index (χ1) is 12.9. The largest absolute Gasteiger partial charge is 0.378 e. The van der Waals surface area contributed by atoms with Crippen LogP contribution in [0, 0.1) is 0 Å². The lowest BCUT2D eigenvalue weighted by molar-refractivity contribution is -0.129. The van der Waals surface area contributed by atoms with Crippen molar-refractivity contribution in [2.45, 2.75) is 13.0 Å². The minimum absolute atomic E-state index is 0.0389. The summed E-state index contributed by atoms with van der Waals surface area (Å²) in [6.07, 6.45) is 0.154. The van der Waals surface area contributed by atoms with Crippen LogP contribution in [0.1, 0.15) is 11.3 Å². The van der Waals surface area contributed by atoms with Gasteiger partial charge in [0.05, 0.1) is 17.5 Å². The molecule has 1 heterocycles. The van der Waals surface area contributed by atoms with Crippen molar-refractivity contribution < 1.29 is 4.79 Å². The highest BCUT2D eigenvalue weighted by Gasteiger charge is 2.15. The summed E-state index contributed by atoms with van der Waals surface area (Å²) in [7, 11) is 7.38. The topological polar surface area (TPSA) is 58.4 Å². The third-order valence-electron chi connectivity index (χ3n) is 4.65. The zero-order chi connectivity index (χ0) is 19.6. The van der Waals surface area contributed by atoms with Crippen LogP contribution in [0.15, 0.2) is 53.3 Å². The Morgan fingerprint density at radius 3 is 2.26 bits per heavy atom. The van der Waals surface area contributed by atoms with Crippen LogP contribution in [0.3, 0.4) is 0 Å². The van der Waals surface area contributed by atoms with E-state index in [4.69, 9.17) is 0 Å². The first-order valence-electron chi connectivity index (χ1n) is 8.82. The highest BCUT2D eigenvalue weighted by molar-refractivity contribution is 5.88. The monoisotopic (exact) mass is 364 g/mol. The number of rotatable bonds is 5. The van der Waals surface area contributed by atoms with Gasteiger partial charge in [-0.3, -0.25) is 9.59 Å². The Morgan fingerprint density at radius 1 is 1.00 bits per heavy atom. The highest BCUT2D eigenvalue weighted by Crippen LogP contribution is 2.16. The van der Waals surface area contributed by atoms with E-state index in [9.17, 15) is 9.59 Å². The molecule has 0 bridgehead atoms. The van der Waals surface area contributed by atoms with Gasteiger partial charge in [0.15, 0.2) is 0 Å². The number of aromatic nitrogens is 2. The van der Waals surface area contributed by atoms with E-state index in [0.717, 1.165) is 16.6 Å². The Balaban J connectivity index is 1.78. The number of amides is 1. The third-order valence-corrected chi connectivity index (χ3v) is 4.65. The molecule has 0 N–H and O–H groups in total. The molecule has 0 radical (unpaired) electrons. The molecule has 0 spiro atoms. The van der Waals surface area contributed by atoms with E-state index in [1.54, 1.807) is 25.1 Å². The quantitative estimate of drug-likeness (QED) is 0.696. The predicted octanol–water partition coefficient (Wildman–Crippen LogP) is 2.20. The molecule has 1 aromatic heterocycles. The second-order valence-electron chi connectivity index (χ2n) is 6.91. The maximum atomic E-state index is 12.7. The molecule has 1 amide bonds. The van der Waals surface area contributed by atoms with E-state index >= 15 is 0 Å². The lowest BCUT2D eigenvalue weighted by Crippen LogP contribution is -2.29. The second-order valence-corrected chi connectivity index (χ2v) is 6.91. The Labute approximate surface area is 158 Å². The van der Waals surface area contributed by atoms with E-state index in [0.29, 0.717) is 17.6 Å². The number of fused-ring (bicyclic) bond motifs is 1. The van der Waals surface area contributed by atoms with Crippen LogP contribution in [0.5, 0.6) is 0 Å². The van der Waals surface area contributed by atoms with Gasteiger partial charge in [-0.05, 0) is 23.8 Å². The molecular formula is C21H24N4O2. The maximum absolute atomic E-state index is 12.7. The average Bonchev–Trinajstić information content (AvgIpc) is 2.66. The van der Waals surface area contributed by atoms with Crippen LogP contribution in [0.25, 0.3) is 10.8 Å². The number of carbonyl (C=O) groups is 1. The third kappa shape index (κ3) is 4.00. The van der Waals surface area contributed by atoms with Crippen molar-refractivity contribution in [2.24, 2.45) is 7.05 Å². The molecule has 6 heteroatoms. The summed E-state index contributed by atoms with van der Waals surface area (Å²) >= 11 is 0. The molecule has 0 saturated heterocycles. The second kappa shape index (κ2) is 7.61. The first-order valence-corrected chi connectivity index (χ1v) is 8.82. The van der Waals surface area contributed by atoms with Gasteiger partial charge in [0, 0.05) is 45.8 Å². The number of anilines is 1. The lowest BCUT2D eigenvalue weighted by Gasteiger charge is -2.19. The van der Waals surface area contributed by atoms with Crippen LogP contribution in [0.2, 0.25) is 0 Å². The molecule has 0 unspecified atom stereocenters. The van der Waals surface area contributed by atoms with Crippen LogP contribution in [-0.4, -0.2) is 41.7 Å². The molecule has 140 valence electrons. The van der Waals surface area contributed by atoms with Gasteiger partial charge in [0.25, 0.3) is 5.56 Å². The van der Waals surface area contributed by atoms with E-state index in [1.807, 2.05) is 61.5 Å². The highest BCUT2D eigenvalue weighted by atomic mass is 16.2. The number of nitrogens with zero attached hydrogens (tertiary/aromatic N) is 4. The zero-order valence-corrected chi connectivity index (χ0v) is 16.1. The molecule has 2 aromatic carbocycles. The number of benzene rings is 2. The summed E-state index contributed by atoms with van der Waals surface area (Å²) in [5.74, 6) is -0.0389. The fraction of sp³-hybridized carbons (Fsp3) is 0.286.